The van der Waals surface area contributed by atoms with Crippen LogP contribution in [0.1, 0.15) is 11.1 Å². The van der Waals surface area contributed by atoms with Gasteiger partial charge in [-0.3, -0.25) is 10.2 Å². The van der Waals surface area contributed by atoms with Gasteiger partial charge in [-0.15, -0.1) is 12.4 Å². The molecule has 0 spiro atoms. The van der Waals surface area contributed by atoms with Crippen LogP contribution in [0, 0.1) is 5.41 Å². The standard InChI is InChI=1S/C26H27ClN4O4S.ClH/c27-23-7-5-22-16-24(8-6-21(22)15-23)36(33,34)31-10-9-30(25(32)18-31)17-19-1-3-20(4-2-19)26(28)29-11-13-35-14-12-29;/h1-8,15-16,28H,9-14,17-18H2;1H. The van der Waals surface area contributed by atoms with Crippen LogP contribution in [0.25, 0.3) is 10.8 Å². The van der Waals surface area contributed by atoms with Crippen molar-refractivity contribution in [3.63, 3.8) is 0 Å². The molecule has 3 aromatic rings. The number of morpholine rings is 1. The Morgan fingerprint density at radius 1 is 0.919 bits per heavy atom. The highest BCUT2D eigenvalue weighted by Crippen LogP contribution is 2.25. The number of piperazine rings is 1. The number of hydrogen-bond donors (Lipinski definition) is 1. The van der Waals surface area contributed by atoms with Crippen molar-refractivity contribution in [3.8, 4) is 0 Å². The van der Waals surface area contributed by atoms with E-state index in [1.165, 1.54) is 4.31 Å². The lowest BCUT2D eigenvalue weighted by molar-refractivity contribution is -0.134. The van der Waals surface area contributed by atoms with Gasteiger partial charge < -0.3 is 14.5 Å². The lowest BCUT2D eigenvalue weighted by Crippen LogP contribution is -2.51. The quantitative estimate of drug-likeness (QED) is 0.378. The van der Waals surface area contributed by atoms with E-state index in [-0.39, 0.29) is 36.3 Å². The van der Waals surface area contributed by atoms with Gasteiger partial charge in [0.25, 0.3) is 0 Å². The number of carbonyl (C=O) groups excluding carboxylic acids is 1. The number of ether oxygens (including phenoxy) is 1. The molecule has 0 aliphatic carbocycles. The maximum atomic E-state index is 13.2. The number of hydrogen-bond acceptors (Lipinski definition) is 5. The first kappa shape index (κ1) is 27.3. The summed E-state index contributed by atoms with van der Waals surface area (Å²) >= 11 is 6.03. The number of rotatable bonds is 5. The Hall–Kier alpha value is -2.69. The number of carbonyl (C=O) groups is 1. The molecular weight excluding hydrogens is 535 g/mol. The Bertz CT molecular complexity index is 1410. The van der Waals surface area contributed by atoms with Gasteiger partial charge in [0.1, 0.15) is 5.84 Å². The topological polar surface area (TPSA) is 94.0 Å². The number of amidine groups is 1. The number of amides is 1. The largest absolute Gasteiger partial charge is 0.378 e. The number of fused-ring (bicyclic) bond motifs is 1. The Kier molecular flexibility index (Phi) is 8.40. The fraction of sp³-hybridized carbons (Fsp3) is 0.308. The minimum Gasteiger partial charge on any atom is -0.378 e. The van der Waals surface area contributed by atoms with Crippen molar-refractivity contribution < 1.29 is 17.9 Å². The van der Waals surface area contributed by atoms with E-state index < -0.39 is 10.0 Å². The number of nitrogens with one attached hydrogen (secondary N) is 1. The van der Waals surface area contributed by atoms with Crippen molar-refractivity contribution in [2.75, 3.05) is 45.9 Å². The minimum absolute atomic E-state index is 0. The van der Waals surface area contributed by atoms with E-state index in [2.05, 4.69) is 0 Å². The van der Waals surface area contributed by atoms with Gasteiger partial charge in [0.05, 0.1) is 24.7 Å². The van der Waals surface area contributed by atoms with Crippen molar-refractivity contribution in [1.82, 2.24) is 14.1 Å². The van der Waals surface area contributed by atoms with E-state index in [4.69, 9.17) is 21.7 Å². The third kappa shape index (κ3) is 5.91. The van der Waals surface area contributed by atoms with E-state index in [1.807, 2.05) is 29.2 Å². The molecule has 0 atom stereocenters. The first-order valence-electron chi connectivity index (χ1n) is 11.8. The van der Waals surface area contributed by atoms with Gasteiger partial charge in [-0.2, -0.15) is 4.31 Å². The summed E-state index contributed by atoms with van der Waals surface area (Å²) < 4.78 is 33.1. The molecule has 2 heterocycles. The predicted molar refractivity (Wildman–Crippen MR) is 146 cm³/mol. The summed E-state index contributed by atoms with van der Waals surface area (Å²) in [5, 5.41) is 10.6. The summed E-state index contributed by atoms with van der Waals surface area (Å²) in [6.07, 6.45) is 0. The number of sulfonamides is 1. The summed E-state index contributed by atoms with van der Waals surface area (Å²) in [5.74, 6) is 0.235. The van der Waals surface area contributed by atoms with Gasteiger partial charge in [0, 0.05) is 43.3 Å². The molecule has 0 saturated carbocycles. The number of benzene rings is 3. The second kappa shape index (κ2) is 11.4. The maximum absolute atomic E-state index is 13.2. The lowest BCUT2D eigenvalue weighted by Gasteiger charge is -2.33. The number of nitrogens with zero attached hydrogens (tertiary/aromatic N) is 3. The van der Waals surface area contributed by atoms with Crippen molar-refractivity contribution in [3.05, 3.63) is 76.8 Å². The second-order valence-corrected chi connectivity index (χ2v) is 11.3. The summed E-state index contributed by atoms with van der Waals surface area (Å²) in [5.41, 5.74) is 1.76. The first-order chi connectivity index (χ1) is 17.3. The average Bonchev–Trinajstić information content (AvgIpc) is 2.90. The Balaban J connectivity index is 0.00000320. The van der Waals surface area contributed by atoms with Gasteiger partial charge in [0.2, 0.25) is 15.9 Å². The van der Waals surface area contributed by atoms with Crippen molar-refractivity contribution in [2.45, 2.75) is 11.4 Å². The van der Waals surface area contributed by atoms with E-state index in [0.717, 1.165) is 21.9 Å². The highest BCUT2D eigenvalue weighted by Gasteiger charge is 2.33. The molecule has 2 fully saturated rings. The molecule has 37 heavy (non-hydrogen) atoms. The van der Waals surface area contributed by atoms with Crippen molar-refractivity contribution >= 4 is 56.5 Å². The zero-order chi connectivity index (χ0) is 25.3. The molecule has 3 aromatic carbocycles. The van der Waals surface area contributed by atoms with Crippen LogP contribution in [0.2, 0.25) is 5.02 Å². The van der Waals surface area contributed by atoms with Crippen LogP contribution in [-0.4, -0.2) is 80.2 Å². The van der Waals surface area contributed by atoms with E-state index in [1.54, 1.807) is 41.3 Å². The summed E-state index contributed by atoms with van der Waals surface area (Å²) in [6.45, 7) is 3.40. The molecule has 8 nitrogen and oxygen atoms in total. The first-order valence-corrected chi connectivity index (χ1v) is 13.6. The second-order valence-electron chi connectivity index (χ2n) is 8.95. The molecule has 2 aliphatic rings. The van der Waals surface area contributed by atoms with E-state index >= 15 is 0 Å². The van der Waals surface area contributed by atoms with Crippen LogP contribution in [0.4, 0.5) is 0 Å². The highest BCUT2D eigenvalue weighted by atomic mass is 35.5. The Morgan fingerprint density at radius 2 is 1.59 bits per heavy atom. The molecule has 5 rings (SSSR count). The Labute approximate surface area is 227 Å². The molecule has 196 valence electrons. The van der Waals surface area contributed by atoms with Crippen LogP contribution in [0.15, 0.2) is 65.6 Å². The highest BCUT2D eigenvalue weighted by molar-refractivity contribution is 7.89. The summed E-state index contributed by atoms with van der Waals surface area (Å²) in [4.78, 5) is 16.7. The zero-order valence-corrected chi connectivity index (χ0v) is 22.5. The molecule has 0 aromatic heterocycles. The van der Waals surface area contributed by atoms with Gasteiger partial charge in [0.15, 0.2) is 0 Å². The minimum atomic E-state index is -3.80. The number of halogens is 2. The molecular formula is C26H28Cl2N4O4S. The zero-order valence-electron chi connectivity index (χ0n) is 20.1. The van der Waals surface area contributed by atoms with Crippen LogP contribution < -0.4 is 0 Å². The average molecular weight is 564 g/mol. The summed E-state index contributed by atoms with van der Waals surface area (Å²) in [6, 6.07) is 17.8. The molecule has 2 aliphatic heterocycles. The third-order valence-electron chi connectivity index (χ3n) is 6.62. The molecule has 1 amide bonds. The molecule has 0 bridgehead atoms. The van der Waals surface area contributed by atoms with E-state index in [0.29, 0.717) is 50.3 Å². The SMILES string of the molecule is Cl.N=C(c1ccc(CN2CCN(S(=O)(=O)c3ccc4cc(Cl)ccc4c3)CC2=O)cc1)N1CCOCC1. The van der Waals surface area contributed by atoms with Gasteiger partial charge >= 0.3 is 0 Å². The molecule has 2 saturated heterocycles. The fourth-order valence-electron chi connectivity index (χ4n) is 4.52. The third-order valence-corrected chi connectivity index (χ3v) is 8.70. The van der Waals surface area contributed by atoms with Gasteiger partial charge in [-0.1, -0.05) is 48.0 Å². The molecule has 0 unspecified atom stereocenters. The van der Waals surface area contributed by atoms with E-state index in [9.17, 15) is 13.2 Å². The summed E-state index contributed by atoms with van der Waals surface area (Å²) in [7, 11) is -3.80. The van der Waals surface area contributed by atoms with Crippen molar-refractivity contribution in [1.29, 1.82) is 5.41 Å². The predicted octanol–water partition coefficient (Wildman–Crippen LogP) is 3.61. The maximum Gasteiger partial charge on any atom is 0.243 e. The van der Waals surface area contributed by atoms with Crippen LogP contribution >= 0.6 is 24.0 Å². The monoisotopic (exact) mass is 562 g/mol. The van der Waals surface area contributed by atoms with Crippen molar-refractivity contribution in [2.24, 2.45) is 0 Å². The van der Waals surface area contributed by atoms with Crippen LogP contribution in [0.3, 0.4) is 0 Å². The lowest BCUT2D eigenvalue weighted by atomic mass is 10.1. The molecule has 11 heteroatoms. The van der Waals surface area contributed by atoms with Crippen LogP contribution in [0.5, 0.6) is 0 Å². The fourth-order valence-corrected chi connectivity index (χ4v) is 6.12. The van der Waals surface area contributed by atoms with Gasteiger partial charge in [-0.05, 0) is 40.6 Å². The smallest absolute Gasteiger partial charge is 0.243 e. The van der Waals surface area contributed by atoms with Gasteiger partial charge in [-0.25, -0.2) is 8.42 Å². The van der Waals surface area contributed by atoms with Crippen LogP contribution in [-0.2, 0) is 26.1 Å². The normalized spacial score (nSPS) is 17.1. The molecule has 0 radical (unpaired) electrons. The Morgan fingerprint density at radius 3 is 2.30 bits per heavy atom. The molecule has 1 N–H and O–H groups in total.